The molecular weight excluding hydrogens is 142 g/mol. The maximum Gasteiger partial charge on any atom is 0.0704 e. The molecule has 0 aromatic carbocycles. The number of hydrogen-bond donors (Lipinski definition) is 1. The molecule has 1 atom stereocenters. The summed E-state index contributed by atoms with van der Waals surface area (Å²) in [6.07, 6.45) is 1.38. The van der Waals surface area contributed by atoms with Crippen LogP contribution in [0.15, 0.2) is 0 Å². The topological polar surface area (TPSA) is 30.5 Å². The molecule has 0 heterocycles. The second-order valence-corrected chi connectivity index (χ2v) is 2.45. The summed E-state index contributed by atoms with van der Waals surface area (Å²) in [5, 5.41) is 3.08. The van der Waals surface area contributed by atoms with E-state index in [0.29, 0.717) is 19.3 Å². The third-order valence-corrected chi connectivity index (χ3v) is 1.53. The first-order valence-electron chi connectivity index (χ1n) is 4.10. The van der Waals surface area contributed by atoms with E-state index in [9.17, 15) is 0 Å². The summed E-state index contributed by atoms with van der Waals surface area (Å²) in [4.78, 5) is 0. The molecule has 0 aromatic rings. The maximum absolute atomic E-state index is 5.48. The van der Waals surface area contributed by atoms with Crippen LogP contribution < -0.4 is 5.32 Å². The molecule has 0 saturated heterocycles. The third kappa shape index (κ3) is 6.28. The molecule has 11 heavy (non-hydrogen) atoms. The summed E-state index contributed by atoms with van der Waals surface area (Å²) in [6.45, 7) is 4.41. The lowest BCUT2D eigenvalue weighted by atomic mass is 10.3. The van der Waals surface area contributed by atoms with Gasteiger partial charge in [-0.2, -0.15) is 0 Å². The van der Waals surface area contributed by atoms with Crippen LogP contribution in [0.5, 0.6) is 0 Å². The van der Waals surface area contributed by atoms with E-state index in [0.717, 1.165) is 13.0 Å². The summed E-state index contributed by atoms with van der Waals surface area (Å²) >= 11 is 0. The predicted molar refractivity (Wildman–Crippen MR) is 45.8 cm³/mol. The van der Waals surface area contributed by atoms with Crippen LogP contribution in [-0.4, -0.2) is 40.0 Å². The molecule has 0 aliphatic rings. The minimum Gasteiger partial charge on any atom is -0.382 e. The third-order valence-electron chi connectivity index (χ3n) is 1.53. The molecule has 0 saturated carbocycles. The van der Waals surface area contributed by atoms with E-state index in [1.807, 2.05) is 7.05 Å². The fourth-order valence-corrected chi connectivity index (χ4v) is 0.847. The van der Waals surface area contributed by atoms with Crippen molar-refractivity contribution < 1.29 is 9.47 Å². The molecule has 0 bridgehead atoms. The van der Waals surface area contributed by atoms with Crippen LogP contribution in [-0.2, 0) is 9.47 Å². The average Bonchev–Trinajstić information content (AvgIpc) is 2.03. The van der Waals surface area contributed by atoms with Gasteiger partial charge in [-0.1, -0.05) is 6.92 Å². The van der Waals surface area contributed by atoms with Gasteiger partial charge in [0, 0.05) is 13.7 Å². The quantitative estimate of drug-likeness (QED) is 0.556. The SMILES string of the molecule is CCC(CNC)OCCOC. The predicted octanol–water partition coefficient (Wildman–Crippen LogP) is 0.647. The lowest BCUT2D eigenvalue weighted by molar-refractivity contribution is 0.0169. The van der Waals surface area contributed by atoms with Crippen LogP contribution in [0.3, 0.4) is 0 Å². The molecule has 0 aromatic heterocycles. The Morgan fingerprint density at radius 1 is 1.36 bits per heavy atom. The highest BCUT2D eigenvalue weighted by Gasteiger charge is 2.03. The van der Waals surface area contributed by atoms with Crippen molar-refractivity contribution in [3.05, 3.63) is 0 Å². The van der Waals surface area contributed by atoms with Crippen molar-refractivity contribution in [1.82, 2.24) is 5.32 Å². The Morgan fingerprint density at radius 2 is 2.09 bits per heavy atom. The van der Waals surface area contributed by atoms with Gasteiger partial charge in [0.05, 0.1) is 19.3 Å². The molecule has 0 aliphatic heterocycles. The van der Waals surface area contributed by atoms with Gasteiger partial charge < -0.3 is 14.8 Å². The van der Waals surface area contributed by atoms with Crippen molar-refractivity contribution in [2.45, 2.75) is 19.4 Å². The van der Waals surface area contributed by atoms with Gasteiger partial charge in [-0.15, -0.1) is 0 Å². The standard InChI is InChI=1S/C8H19NO2/c1-4-8(7-9-2)11-6-5-10-3/h8-9H,4-7H2,1-3H3. The highest BCUT2D eigenvalue weighted by molar-refractivity contribution is 4.56. The van der Waals surface area contributed by atoms with Gasteiger partial charge in [0.25, 0.3) is 0 Å². The molecular formula is C8H19NO2. The Balaban J connectivity index is 3.20. The minimum absolute atomic E-state index is 0.329. The van der Waals surface area contributed by atoms with Gasteiger partial charge in [0.2, 0.25) is 0 Å². The van der Waals surface area contributed by atoms with Gasteiger partial charge in [0.1, 0.15) is 0 Å². The van der Waals surface area contributed by atoms with Crippen LogP contribution in [0.25, 0.3) is 0 Å². The highest BCUT2D eigenvalue weighted by atomic mass is 16.5. The minimum atomic E-state index is 0.329. The van der Waals surface area contributed by atoms with Gasteiger partial charge in [-0.05, 0) is 13.5 Å². The molecule has 0 rings (SSSR count). The van der Waals surface area contributed by atoms with Gasteiger partial charge >= 0.3 is 0 Å². The van der Waals surface area contributed by atoms with Crippen molar-refractivity contribution in [2.75, 3.05) is 33.9 Å². The van der Waals surface area contributed by atoms with Gasteiger partial charge in [0.15, 0.2) is 0 Å². The molecule has 0 aliphatic carbocycles. The zero-order valence-electron chi connectivity index (χ0n) is 7.72. The Bertz CT molecular complexity index is 78.5. The first-order chi connectivity index (χ1) is 5.35. The second-order valence-electron chi connectivity index (χ2n) is 2.45. The van der Waals surface area contributed by atoms with Crippen LogP contribution >= 0.6 is 0 Å². The van der Waals surface area contributed by atoms with E-state index >= 15 is 0 Å². The molecule has 0 fully saturated rings. The van der Waals surface area contributed by atoms with E-state index in [2.05, 4.69) is 12.2 Å². The van der Waals surface area contributed by atoms with Crippen molar-refractivity contribution in [3.8, 4) is 0 Å². The molecule has 0 amide bonds. The summed E-state index contributed by atoms with van der Waals surface area (Å²) in [7, 11) is 3.62. The zero-order chi connectivity index (χ0) is 8.53. The van der Waals surface area contributed by atoms with Crippen molar-refractivity contribution >= 4 is 0 Å². The van der Waals surface area contributed by atoms with Crippen molar-refractivity contribution in [2.24, 2.45) is 0 Å². The first-order valence-corrected chi connectivity index (χ1v) is 4.10. The number of rotatable bonds is 7. The molecule has 1 N–H and O–H groups in total. The van der Waals surface area contributed by atoms with E-state index < -0.39 is 0 Å². The Labute approximate surface area is 69.1 Å². The number of methoxy groups -OCH3 is 1. The Morgan fingerprint density at radius 3 is 2.55 bits per heavy atom. The molecule has 0 spiro atoms. The molecule has 3 nitrogen and oxygen atoms in total. The van der Waals surface area contributed by atoms with Crippen LogP contribution in [0.2, 0.25) is 0 Å². The summed E-state index contributed by atoms with van der Waals surface area (Å²) < 4.78 is 10.4. The Hall–Kier alpha value is -0.120. The average molecular weight is 161 g/mol. The lowest BCUT2D eigenvalue weighted by Gasteiger charge is -2.14. The van der Waals surface area contributed by atoms with Crippen LogP contribution in [0.1, 0.15) is 13.3 Å². The fraction of sp³-hybridized carbons (Fsp3) is 1.00. The maximum atomic E-state index is 5.48. The number of hydrogen-bond acceptors (Lipinski definition) is 3. The summed E-state index contributed by atoms with van der Waals surface area (Å²) in [5.41, 5.74) is 0. The van der Waals surface area contributed by atoms with Crippen molar-refractivity contribution in [1.29, 1.82) is 0 Å². The molecule has 68 valence electrons. The summed E-state index contributed by atoms with van der Waals surface area (Å²) in [6, 6.07) is 0. The van der Waals surface area contributed by atoms with Gasteiger partial charge in [-0.3, -0.25) is 0 Å². The lowest BCUT2D eigenvalue weighted by Crippen LogP contribution is -2.27. The zero-order valence-corrected chi connectivity index (χ0v) is 7.72. The van der Waals surface area contributed by atoms with E-state index in [-0.39, 0.29) is 0 Å². The Kier molecular flexibility index (Phi) is 7.89. The fourth-order valence-electron chi connectivity index (χ4n) is 0.847. The largest absolute Gasteiger partial charge is 0.382 e. The number of nitrogens with one attached hydrogen (secondary N) is 1. The van der Waals surface area contributed by atoms with Crippen LogP contribution in [0, 0.1) is 0 Å². The second kappa shape index (κ2) is 7.98. The normalized spacial score (nSPS) is 13.4. The van der Waals surface area contributed by atoms with E-state index in [1.54, 1.807) is 7.11 Å². The van der Waals surface area contributed by atoms with E-state index in [1.165, 1.54) is 0 Å². The smallest absolute Gasteiger partial charge is 0.0704 e. The van der Waals surface area contributed by atoms with Crippen molar-refractivity contribution in [3.63, 3.8) is 0 Å². The number of ether oxygens (including phenoxy) is 2. The molecule has 1 unspecified atom stereocenters. The van der Waals surface area contributed by atoms with Gasteiger partial charge in [-0.25, -0.2) is 0 Å². The van der Waals surface area contributed by atoms with Crippen LogP contribution in [0.4, 0.5) is 0 Å². The summed E-state index contributed by atoms with van der Waals surface area (Å²) in [5.74, 6) is 0. The molecule has 0 radical (unpaired) electrons. The van der Waals surface area contributed by atoms with E-state index in [4.69, 9.17) is 9.47 Å². The first kappa shape index (κ1) is 10.9. The molecule has 3 heteroatoms. The number of likely N-dealkylation sites (N-methyl/N-ethyl adjacent to an activating group) is 1. The highest BCUT2D eigenvalue weighted by Crippen LogP contribution is 1.95. The monoisotopic (exact) mass is 161 g/mol.